The molecule has 0 bridgehead atoms. The Morgan fingerprint density at radius 1 is 0.585 bits per heavy atom. The van der Waals surface area contributed by atoms with Crippen LogP contribution in [0.15, 0.2) is 132 Å². The first-order chi connectivity index (χ1) is 20.4. The van der Waals surface area contributed by atoms with Crippen LogP contribution in [0, 0.1) is 0 Å². The first-order valence-corrected chi connectivity index (χ1v) is 14.1. The van der Waals surface area contributed by atoms with Gasteiger partial charge in [0.1, 0.15) is 22.5 Å². The first-order valence-electron chi connectivity index (χ1n) is 14.1. The van der Waals surface area contributed by atoms with Gasteiger partial charge in [0, 0.05) is 16.6 Å². The number of hydrogen-bond acceptors (Lipinski definition) is 2. The fourth-order valence-corrected chi connectivity index (χ4v) is 7.42. The largest absolute Gasteiger partial charge is 0.456 e. The number of imidazole rings is 1. The van der Waals surface area contributed by atoms with Crippen molar-refractivity contribution in [1.82, 2.24) is 9.55 Å². The van der Waals surface area contributed by atoms with E-state index in [9.17, 15) is 0 Å². The fourth-order valence-electron chi connectivity index (χ4n) is 7.42. The molecule has 0 radical (unpaired) electrons. The minimum atomic E-state index is 0.138. The molecule has 0 saturated carbocycles. The number of fused-ring (bicyclic) bond motifs is 9. The maximum absolute atomic E-state index is 6.51. The van der Waals surface area contributed by atoms with Crippen LogP contribution in [0.4, 0.5) is 0 Å². The minimum absolute atomic E-state index is 0.138. The van der Waals surface area contributed by atoms with Gasteiger partial charge in [-0.25, -0.2) is 4.98 Å². The molecule has 0 fully saturated rings. The molecular weight excluding hydrogens is 499 g/mol. The second kappa shape index (κ2) is 7.64. The molecule has 0 saturated heterocycles. The Balaban J connectivity index is 1.42. The molecule has 0 atom stereocenters. The van der Waals surface area contributed by atoms with Gasteiger partial charge < -0.3 is 4.42 Å². The predicted octanol–water partition coefficient (Wildman–Crippen LogP) is 7.07. The maximum Gasteiger partial charge on any atom is 0.248 e. The first kappa shape index (κ1) is 21.5. The summed E-state index contributed by atoms with van der Waals surface area (Å²) in [6.07, 6.45) is 0. The highest BCUT2D eigenvalue weighted by Crippen LogP contribution is 2.42. The molecule has 2 aliphatic rings. The Morgan fingerprint density at radius 3 is 2.22 bits per heavy atom. The third-order valence-electron chi connectivity index (χ3n) is 9.04. The zero-order valence-corrected chi connectivity index (χ0v) is 22.0. The second-order valence-corrected chi connectivity index (χ2v) is 11.1. The van der Waals surface area contributed by atoms with Crippen LogP contribution in [0.2, 0.25) is 0 Å². The number of furan rings is 1. The van der Waals surface area contributed by atoms with Crippen LogP contribution < -0.4 is 16.4 Å². The molecule has 2 aromatic heterocycles. The van der Waals surface area contributed by atoms with Crippen LogP contribution in [0.5, 0.6) is 0 Å². The van der Waals surface area contributed by atoms with E-state index < -0.39 is 0 Å². The van der Waals surface area contributed by atoms with Crippen molar-refractivity contribution in [3.05, 3.63) is 127 Å². The average molecular weight is 520 g/mol. The summed E-state index contributed by atoms with van der Waals surface area (Å²) in [4.78, 5) is 5.54. The molecule has 6 aromatic carbocycles. The van der Waals surface area contributed by atoms with E-state index in [1.165, 1.54) is 49.8 Å². The van der Waals surface area contributed by atoms with Gasteiger partial charge in [0.25, 0.3) is 0 Å². The van der Waals surface area contributed by atoms with Crippen LogP contribution in [0.3, 0.4) is 0 Å². The minimum Gasteiger partial charge on any atom is -0.456 e. The molecule has 41 heavy (non-hydrogen) atoms. The Bertz CT molecular complexity index is 2380. The SMILES string of the molecule is c1ccc(-c2ccccc2-c2nc3c4c(cc5c3n2-c2cccc3c2B5c2ccccc2-3)oc2ccccc24)cc1. The zero-order chi connectivity index (χ0) is 26.7. The zero-order valence-electron chi connectivity index (χ0n) is 22.0. The quantitative estimate of drug-likeness (QED) is 0.228. The van der Waals surface area contributed by atoms with Crippen LogP contribution in [0.25, 0.3) is 72.3 Å². The lowest BCUT2D eigenvalue weighted by Crippen LogP contribution is -2.53. The smallest absolute Gasteiger partial charge is 0.248 e. The summed E-state index contributed by atoms with van der Waals surface area (Å²) in [6.45, 7) is 0.138. The summed E-state index contributed by atoms with van der Waals surface area (Å²) in [5.41, 5.74) is 15.2. The topological polar surface area (TPSA) is 31.0 Å². The number of hydrogen-bond donors (Lipinski definition) is 0. The normalized spacial score (nSPS) is 12.8. The highest BCUT2D eigenvalue weighted by molar-refractivity contribution is 7.01. The molecule has 0 aliphatic carbocycles. The van der Waals surface area contributed by atoms with Gasteiger partial charge in [-0.1, -0.05) is 115 Å². The monoisotopic (exact) mass is 520 g/mol. The Hall–Kier alpha value is -5.35. The third-order valence-corrected chi connectivity index (χ3v) is 9.04. The summed E-state index contributed by atoms with van der Waals surface area (Å²) >= 11 is 0. The van der Waals surface area contributed by atoms with Crippen molar-refractivity contribution in [3.63, 3.8) is 0 Å². The molecule has 188 valence electrons. The van der Waals surface area contributed by atoms with Crippen molar-refractivity contribution in [2.45, 2.75) is 0 Å². The van der Waals surface area contributed by atoms with Gasteiger partial charge >= 0.3 is 0 Å². The Kier molecular flexibility index (Phi) is 4.00. The average Bonchev–Trinajstić information content (AvgIpc) is 3.71. The molecule has 4 heteroatoms. The summed E-state index contributed by atoms with van der Waals surface area (Å²) in [5.74, 6) is 0.960. The number of rotatable bonds is 2. The van der Waals surface area contributed by atoms with Gasteiger partial charge in [0.15, 0.2) is 0 Å². The van der Waals surface area contributed by atoms with E-state index >= 15 is 0 Å². The van der Waals surface area contributed by atoms with E-state index in [1.807, 2.05) is 6.07 Å². The van der Waals surface area contributed by atoms with E-state index in [2.05, 4.69) is 126 Å². The van der Waals surface area contributed by atoms with Gasteiger partial charge in [0.05, 0.1) is 10.9 Å². The number of nitrogens with zero attached hydrogens (tertiary/aromatic N) is 2. The van der Waals surface area contributed by atoms with Crippen molar-refractivity contribution in [3.8, 4) is 39.3 Å². The highest BCUT2D eigenvalue weighted by atomic mass is 16.3. The van der Waals surface area contributed by atoms with Crippen molar-refractivity contribution >= 4 is 56.1 Å². The standard InChI is InChI=1S/C37H21BN2O/c1-2-11-22(12-3-1)23-13-4-5-15-26(23)37-39-35-33-27-16-7-9-20-31(27)41-32(33)21-29-36(35)40(37)30-19-10-17-25-24-14-6-8-18-28(24)38(29)34(25)30/h1-21H. The van der Waals surface area contributed by atoms with Gasteiger partial charge in [-0.3, -0.25) is 4.57 Å². The van der Waals surface area contributed by atoms with Crippen molar-refractivity contribution in [2.24, 2.45) is 0 Å². The summed E-state index contributed by atoms with van der Waals surface area (Å²) in [7, 11) is 0. The van der Waals surface area contributed by atoms with Gasteiger partial charge in [-0.15, -0.1) is 0 Å². The molecule has 8 aromatic rings. The highest BCUT2D eigenvalue weighted by Gasteiger charge is 2.42. The lowest BCUT2D eigenvalue weighted by atomic mass is 9.37. The summed E-state index contributed by atoms with van der Waals surface area (Å²) < 4.78 is 8.94. The van der Waals surface area contributed by atoms with E-state index in [4.69, 9.17) is 9.40 Å². The predicted molar refractivity (Wildman–Crippen MR) is 169 cm³/mol. The maximum atomic E-state index is 6.51. The van der Waals surface area contributed by atoms with Gasteiger partial charge in [-0.05, 0) is 51.4 Å². The summed E-state index contributed by atoms with van der Waals surface area (Å²) in [5, 5.41) is 2.19. The lowest BCUT2D eigenvalue weighted by Gasteiger charge is -2.25. The molecule has 4 heterocycles. The Labute approximate surface area is 236 Å². The number of benzene rings is 6. The van der Waals surface area contributed by atoms with E-state index in [0.717, 1.165) is 38.8 Å². The van der Waals surface area contributed by atoms with Crippen LogP contribution in [-0.4, -0.2) is 16.3 Å². The van der Waals surface area contributed by atoms with Crippen molar-refractivity contribution < 1.29 is 4.42 Å². The van der Waals surface area contributed by atoms with Crippen molar-refractivity contribution in [2.75, 3.05) is 0 Å². The van der Waals surface area contributed by atoms with Crippen LogP contribution >= 0.6 is 0 Å². The number of aromatic nitrogens is 2. The van der Waals surface area contributed by atoms with Gasteiger partial charge in [-0.2, -0.15) is 0 Å². The molecule has 3 nitrogen and oxygen atoms in total. The van der Waals surface area contributed by atoms with Crippen LogP contribution in [-0.2, 0) is 0 Å². The van der Waals surface area contributed by atoms with E-state index in [1.54, 1.807) is 0 Å². The lowest BCUT2D eigenvalue weighted by molar-refractivity contribution is 0.669. The van der Waals surface area contributed by atoms with E-state index in [0.29, 0.717) is 0 Å². The third kappa shape index (κ3) is 2.67. The summed E-state index contributed by atoms with van der Waals surface area (Å²) in [6, 6.07) is 45.5. The van der Waals surface area contributed by atoms with Crippen LogP contribution in [0.1, 0.15) is 0 Å². The second-order valence-electron chi connectivity index (χ2n) is 11.1. The molecule has 0 N–H and O–H groups in total. The number of para-hydroxylation sites is 1. The van der Waals surface area contributed by atoms with E-state index in [-0.39, 0.29) is 6.71 Å². The molecule has 2 aliphatic heterocycles. The molecule has 0 amide bonds. The Morgan fingerprint density at radius 2 is 1.32 bits per heavy atom. The molecule has 0 spiro atoms. The van der Waals surface area contributed by atoms with Gasteiger partial charge in [0.2, 0.25) is 6.71 Å². The van der Waals surface area contributed by atoms with Crippen molar-refractivity contribution in [1.29, 1.82) is 0 Å². The fraction of sp³-hybridized carbons (Fsp3) is 0. The molecule has 0 unspecified atom stereocenters. The molecular formula is C37H21BN2O. The molecule has 10 rings (SSSR count).